The highest BCUT2D eigenvalue weighted by Gasteiger charge is 2.45. The third-order valence-electron chi connectivity index (χ3n) is 4.95. The third-order valence-corrected chi connectivity index (χ3v) is 4.95. The maximum Gasteiger partial charge on any atom is 0.0746 e. The molecule has 3 nitrogen and oxygen atoms in total. The van der Waals surface area contributed by atoms with Crippen LogP contribution in [0.5, 0.6) is 0 Å². The van der Waals surface area contributed by atoms with E-state index in [0.29, 0.717) is 6.04 Å². The summed E-state index contributed by atoms with van der Waals surface area (Å²) in [7, 11) is 0. The fourth-order valence-electron chi connectivity index (χ4n) is 3.80. The molecule has 3 heteroatoms. The summed E-state index contributed by atoms with van der Waals surface area (Å²) in [6.45, 7) is 4.92. The Morgan fingerprint density at radius 3 is 2.71 bits per heavy atom. The number of β-amino-alcohol motifs (C(OH)–C–C–N with tert-alkyl or cyclic N) is 1. The molecule has 0 radical (unpaired) electrons. The van der Waals surface area contributed by atoms with Crippen LogP contribution in [0.25, 0.3) is 0 Å². The Labute approximate surface area is 104 Å². The van der Waals surface area contributed by atoms with E-state index >= 15 is 0 Å². The Kier molecular flexibility index (Phi) is 2.96. The summed E-state index contributed by atoms with van der Waals surface area (Å²) in [6, 6.07) is 0.649. The Morgan fingerprint density at radius 1 is 1.24 bits per heavy atom. The lowest BCUT2D eigenvalue weighted by Crippen LogP contribution is -2.56. The smallest absolute Gasteiger partial charge is 0.0746 e. The molecule has 98 valence electrons. The van der Waals surface area contributed by atoms with E-state index in [1.54, 1.807) is 0 Å². The average molecular weight is 239 g/mol. The molecule has 0 aromatic heterocycles. The van der Waals surface area contributed by atoms with Crippen molar-refractivity contribution >= 4 is 0 Å². The van der Waals surface area contributed by atoms with Crippen molar-refractivity contribution in [2.24, 2.45) is 0 Å². The second-order valence-electron chi connectivity index (χ2n) is 6.60. The minimum absolute atomic E-state index is 0.228. The molecule has 0 bridgehead atoms. The number of ether oxygens (including phenoxy) is 1. The summed E-state index contributed by atoms with van der Waals surface area (Å²) in [5.41, 5.74) is -0.241. The van der Waals surface area contributed by atoms with Gasteiger partial charge in [0.2, 0.25) is 0 Å². The Morgan fingerprint density at radius 2 is 2.06 bits per heavy atom. The average Bonchev–Trinajstić information content (AvgIpc) is 2.26. The van der Waals surface area contributed by atoms with Crippen LogP contribution >= 0.6 is 0 Å². The van der Waals surface area contributed by atoms with Crippen LogP contribution in [0.1, 0.15) is 51.9 Å². The van der Waals surface area contributed by atoms with Gasteiger partial charge in [0.1, 0.15) is 0 Å². The number of nitrogens with zero attached hydrogens (tertiary/aromatic N) is 1. The van der Waals surface area contributed by atoms with Crippen molar-refractivity contribution in [1.29, 1.82) is 0 Å². The van der Waals surface area contributed by atoms with Gasteiger partial charge in [-0.2, -0.15) is 0 Å². The van der Waals surface area contributed by atoms with Gasteiger partial charge in [-0.1, -0.05) is 0 Å². The molecule has 2 atom stereocenters. The second-order valence-corrected chi connectivity index (χ2v) is 6.60. The maximum atomic E-state index is 10.2. The Hall–Kier alpha value is -0.120. The van der Waals surface area contributed by atoms with Crippen LogP contribution in [0.4, 0.5) is 0 Å². The molecule has 3 rings (SSSR count). The largest absolute Gasteiger partial charge is 0.389 e. The summed E-state index contributed by atoms with van der Waals surface area (Å²) < 4.78 is 5.99. The standard InChI is InChI=1S/C14H25NO2/c1-13(16)5-3-8-15(11-13)12-4-9-17-14(10-12)6-2-7-14/h12,16H,2-11H2,1H3. The highest BCUT2D eigenvalue weighted by Crippen LogP contribution is 2.43. The van der Waals surface area contributed by atoms with E-state index in [2.05, 4.69) is 4.90 Å². The van der Waals surface area contributed by atoms with Crippen molar-refractivity contribution in [2.75, 3.05) is 19.7 Å². The van der Waals surface area contributed by atoms with Crippen molar-refractivity contribution in [1.82, 2.24) is 4.90 Å². The SMILES string of the molecule is CC1(O)CCCN(C2CCOC3(CCC3)C2)C1. The fourth-order valence-corrected chi connectivity index (χ4v) is 3.80. The van der Waals surface area contributed by atoms with E-state index < -0.39 is 5.60 Å². The molecule has 3 aliphatic rings. The predicted octanol–water partition coefficient (Wildman–Crippen LogP) is 1.93. The van der Waals surface area contributed by atoms with E-state index in [4.69, 9.17) is 4.74 Å². The highest BCUT2D eigenvalue weighted by atomic mass is 16.5. The lowest BCUT2D eigenvalue weighted by molar-refractivity contribution is -0.156. The normalized spacial score (nSPS) is 42.4. The third kappa shape index (κ3) is 2.38. The van der Waals surface area contributed by atoms with Gasteiger partial charge < -0.3 is 9.84 Å². The van der Waals surface area contributed by atoms with Crippen molar-refractivity contribution in [2.45, 2.75) is 69.1 Å². The molecule has 2 unspecified atom stereocenters. The molecule has 2 heterocycles. The van der Waals surface area contributed by atoms with Gasteiger partial charge >= 0.3 is 0 Å². The Balaban J connectivity index is 1.63. The molecule has 1 N–H and O–H groups in total. The van der Waals surface area contributed by atoms with Crippen LogP contribution in [-0.4, -0.2) is 46.9 Å². The number of hydrogen-bond acceptors (Lipinski definition) is 3. The topological polar surface area (TPSA) is 32.7 Å². The van der Waals surface area contributed by atoms with Gasteiger partial charge in [-0.25, -0.2) is 0 Å². The van der Waals surface area contributed by atoms with Crippen LogP contribution in [-0.2, 0) is 4.74 Å². The van der Waals surface area contributed by atoms with E-state index in [9.17, 15) is 5.11 Å². The lowest BCUT2D eigenvalue weighted by atomic mass is 9.73. The summed E-state index contributed by atoms with van der Waals surface area (Å²) in [5, 5.41) is 10.2. The van der Waals surface area contributed by atoms with Gasteiger partial charge in [-0.05, 0) is 58.4 Å². The van der Waals surface area contributed by atoms with Crippen molar-refractivity contribution in [3.63, 3.8) is 0 Å². The van der Waals surface area contributed by atoms with Crippen LogP contribution < -0.4 is 0 Å². The van der Waals surface area contributed by atoms with Gasteiger partial charge in [-0.3, -0.25) is 4.90 Å². The first kappa shape index (κ1) is 11.9. The zero-order valence-corrected chi connectivity index (χ0v) is 11.0. The molecule has 2 saturated heterocycles. The molecule has 17 heavy (non-hydrogen) atoms. The van der Waals surface area contributed by atoms with E-state index in [1.165, 1.54) is 25.7 Å². The highest BCUT2D eigenvalue weighted by molar-refractivity contribution is 4.98. The number of aliphatic hydroxyl groups is 1. The minimum atomic E-state index is -0.469. The van der Waals surface area contributed by atoms with Gasteiger partial charge in [0.25, 0.3) is 0 Å². The summed E-state index contributed by atoms with van der Waals surface area (Å²) in [6.07, 6.45) is 8.29. The summed E-state index contributed by atoms with van der Waals surface area (Å²) >= 11 is 0. The van der Waals surface area contributed by atoms with Crippen LogP contribution in [0, 0.1) is 0 Å². The van der Waals surface area contributed by atoms with Crippen molar-refractivity contribution in [3.8, 4) is 0 Å². The molecule has 0 aromatic rings. The minimum Gasteiger partial charge on any atom is -0.389 e. The van der Waals surface area contributed by atoms with Crippen LogP contribution in [0.3, 0.4) is 0 Å². The summed E-state index contributed by atoms with van der Waals surface area (Å²) in [5.74, 6) is 0. The first-order valence-corrected chi connectivity index (χ1v) is 7.19. The zero-order chi connectivity index (χ0) is 11.9. The molecular formula is C14H25NO2. The monoisotopic (exact) mass is 239 g/mol. The van der Waals surface area contributed by atoms with Gasteiger partial charge in [0, 0.05) is 19.2 Å². The quantitative estimate of drug-likeness (QED) is 0.759. The van der Waals surface area contributed by atoms with E-state index in [-0.39, 0.29) is 5.60 Å². The van der Waals surface area contributed by atoms with E-state index in [0.717, 1.165) is 39.0 Å². The number of likely N-dealkylation sites (tertiary alicyclic amines) is 1. The summed E-state index contributed by atoms with van der Waals surface area (Å²) in [4.78, 5) is 2.52. The Bertz CT molecular complexity index is 286. The number of hydrogen-bond donors (Lipinski definition) is 1. The number of rotatable bonds is 1. The van der Waals surface area contributed by atoms with Crippen molar-refractivity contribution in [3.05, 3.63) is 0 Å². The van der Waals surface area contributed by atoms with Gasteiger partial charge in [0.15, 0.2) is 0 Å². The van der Waals surface area contributed by atoms with Crippen molar-refractivity contribution < 1.29 is 9.84 Å². The number of piperidine rings is 1. The molecule has 0 aromatic carbocycles. The van der Waals surface area contributed by atoms with Crippen LogP contribution in [0.15, 0.2) is 0 Å². The molecule has 1 saturated carbocycles. The first-order valence-electron chi connectivity index (χ1n) is 7.19. The zero-order valence-electron chi connectivity index (χ0n) is 11.0. The molecule has 0 amide bonds. The predicted molar refractivity (Wildman–Crippen MR) is 67.0 cm³/mol. The van der Waals surface area contributed by atoms with Gasteiger partial charge in [0.05, 0.1) is 11.2 Å². The fraction of sp³-hybridized carbons (Fsp3) is 1.00. The maximum absolute atomic E-state index is 10.2. The lowest BCUT2D eigenvalue weighted by Gasteiger charge is -2.51. The first-order chi connectivity index (χ1) is 8.09. The molecular weight excluding hydrogens is 214 g/mol. The molecule has 1 aliphatic carbocycles. The molecule has 2 aliphatic heterocycles. The van der Waals surface area contributed by atoms with Crippen LogP contribution in [0.2, 0.25) is 0 Å². The van der Waals surface area contributed by atoms with E-state index in [1.807, 2.05) is 6.92 Å². The molecule has 1 spiro atoms. The van der Waals surface area contributed by atoms with Gasteiger partial charge in [-0.15, -0.1) is 0 Å². The second kappa shape index (κ2) is 4.22. The molecule has 3 fully saturated rings.